The van der Waals surface area contributed by atoms with E-state index in [0.29, 0.717) is 6.42 Å². The summed E-state index contributed by atoms with van der Waals surface area (Å²) in [6, 6.07) is 3.85. The Morgan fingerprint density at radius 2 is 1.66 bits per heavy atom. The van der Waals surface area contributed by atoms with Crippen molar-refractivity contribution < 1.29 is 29.3 Å². The topological polar surface area (TPSA) is 128 Å². The molecule has 0 radical (unpaired) electrons. The van der Waals surface area contributed by atoms with E-state index in [1.807, 2.05) is 20.8 Å². The number of carbonyl (C=O) groups excluding carboxylic acids is 3. The third-order valence-corrected chi connectivity index (χ3v) is 5.00. The van der Waals surface area contributed by atoms with Crippen molar-refractivity contribution in [3.63, 3.8) is 0 Å². The van der Waals surface area contributed by atoms with Gasteiger partial charge in [-0.05, 0) is 54.0 Å². The molecule has 2 atom stereocenters. The number of phenols is 1. The maximum absolute atomic E-state index is 13.7. The number of aliphatic hydroxyl groups excluding tert-OH is 1. The van der Waals surface area contributed by atoms with Gasteiger partial charge in [0.2, 0.25) is 11.8 Å². The highest BCUT2D eigenvalue weighted by atomic mass is 16.6. The number of hydrogen-bond donors (Lipinski definition) is 4. The number of aromatic hydroxyl groups is 1. The molecule has 3 amide bonds. The van der Waals surface area contributed by atoms with Gasteiger partial charge in [0.25, 0.3) is 0 Å². The van der Waals surface area contributed by atoms with E-state index >= 15 is 0 Å². The summed E-state index contributed by atoms with van der Waals surface area (Å²) in [6.07, 6.45) is 2.53. The molecule has 0 bridgehead atoms. The molecule has 4 N–H and O–H groups in total. The van der Waals surface area contributed by atoms with Crippen molar-refractivity contribution in [3.05, 3.63) is 29.8 Å². The van der Waals surface area contributed by atoms with Crippen LogP contribution < -0.4 is 10.6 Å². The van der Waals surface area contributed by atoms with E-state index in [-0.39, 0.29) is 17.9 Å². The number of aliphatic hydroxyl groups is 1. The van der Waals surface area contributed by atoms with Crippen molar-refractivity contribution in [2.45, 2.75) is 97.4 Å². The minimum Gasteiger partial charge on any atom is -0.508 e. The molecule has 0 saturated heterocycles. The highest BCUT2D eigenvalue weighted by Gasteiger charge is 2.38. The first kappa shape index (κ1) is 30.2. The van der Waals surface area contributed by atoms with Crippen LogP contribution in [0.25, 0.3) is 0 Å². The lowest BCUT2D eigenvalue weighted by Crippen LogP contribution is -2.55. The fourth-order valence-electron chi connectivity index (χ4n) is 3.52. The van der Waals surface area contributed by atoms with Crippen LogP contribution in [-0.4, -0.2) is 63.4 Å². The van der Waals surface area contributed by atoms with Crippen LogP contribution in [0.5, 0.6) is 5.75 Å². The number of carbonyl (C=O) groups is 3. The molecule has 0 saturated carbocycles. The second-order valence-corrected chi connectivity index (χ2v) is 10.7. The van der Waals surface area contributed by atoms with Crippen molar-refractivity contribution in [1.29, 1.82) is 0 Å². The van der Waals surface area contributed by atoms with Gasteiger partial charge in [-0.1, -0.05) is 44.4 Å². The molecule has 0 aliphatic rings. The second-order valence-electron chi connectivity index (χ2n) is 10.7. The molecule has 0 aliphatic carbocycles. The molecular formula is C26H43N3O6. The molecule has 0 spiro atoms. The van der Waals surface area contributed by atoms with Crippen molar-refractivity contribution in [1.82, 2.24) is 15.5 Å². The van der Waals surface area contributed by atoms with Crippen LogP contribution in [0.2, 0.25) is 0 Å². The zero-order chi connectivity index (χ0) is 26.8. The molecule has 0 aromatic heterocycles. The number of nitrogens with zero attached hydrogens (tertiary/aromatic N) is 1. The third kappa shape index (κ3) is 10.5. The number of alkyl carbamates (subject to hydrolysis) is 1. The number of benzene rings is 1. The lowest BCUT2D eigenvalue weighted by atomic mass is 9.99. The van der Waals surface area contributed by atoms with Gasteiger partial charge in [0.05, 0.1) is 6.61 Å². The Balaban J connectivity index is 3.42. The summed E-state index contributed by atoms with van der Waals surface area (Å²) in [7, 11) is 0. The maximum atomic E-state index is 13.7. The minimum absolute atomic E-state index is 0.131. The van der Waals surface area contributed by atoms with Gasteiger partial charge in [0.1, 0.15) is 23.4 Å². The SMILES string of the molecule is CCCCCCN(C(=O)C(CO)NC(=O)OC(C)(C)C)C(C(=O)NC(C)(C)C)c1ccccc1O. The number of unbranched alkanes of at least 4 members (excludes halogenated alkanes) is 3. The van der Waals surface area contributed by atoms with Gasteiger partial charge in [-0.15, -0.1) is 0 Å². The van der Waals surface area contributed by atoms with Gasteiger partial charge >= 0.3 is 6.09 Å². The Kier molecular flexibility index (Phi) is 11.5. The van der Waals surface area contributed by atoms with Gasteiger partial charge < -0.3 is 30.5 Å². The number of phenolic OH excluding ortho intramolecular Hbond substituents is 1. The summed E-state index contributed by atoms with van der Waals surface area (Å²) < 4.78 is 5.24. The van der Waals surface area contributed by atoms with Crippen LogP contribution in [0, 0.1) is 0 Å². The number of para-hydroxylation sites is 1. The molecule has 9 nitrogen and oxygen atoms in total. The molecule has 0 aliphatic heterocycles. The first-order chi connectivity index (χ1) is 16.2. The molecule has 0 heterocycles. The van der Waals surface area contributed by atoms with Crippen molar-refractivity contribution in [3.8, 4) is 5.75 Å². The predicted octanol–water partition coefficient (Wildman–Crippen LogP) is 3.64. The van der Waals surface area contributed by atoms with E-state index < -0.39 is 47.7 Å². The zero-order valence-electron chi connectivity index (χ0n) is 22.2. The van der Waals surface area contributed by atoms with Crippen LogP contribution >= 0.6 is 0 Å². The molecule has 1 rings (SSSR count). The van der Waals surface area contributed by atoms with Crippen LogP contribution in [-0.2, 0) is 14.3 Å². The van der Waals surface area contributed by atoms with E-state index in [0.717, 1.165) is 19.3 Å². The fraction of sp³-hybridized carbons (Fsp3) is 0.654. The lowest BCUT2D eigenvalue weighted by molar-refractivity contribution is -0.144. The van der Waals surface area contributed by atoms with Gasteiger partial charge in [0, 0.05) is 17.6 Å². The van der Waals surface area contributed by atoms with Crippen molar-refractivity contribution in [2.75, 3.05) is 13.2 Å². The third-order valence-electron chi connectivity index (χ3n) is 5.00. The summed E-state index contributed by atoms with van der Waals surface area (Å²) in [4.78, 5) is 40.8. The van der Waals surface area contributed by atoms with E-state index in [1.54, 1.807) is 39.0 Å². The number of rotatable bonds is 11. The molecule has 2 unspecified atom stereocenters. The van der Waals surface area contributed by atoms with E-state index in [2.05, 4.69) is 17.6 Å². The van der Waals surface area contributed by atoms with Crippen LogP contribution in [0.15, 0.2) is 24.3 Å². The number of amides is 3. The fourth-order valence-corrected chi connectivity index (χ4v) is 3.52. The largest absolute Gasteiger partial charge is 0.508 e. The maximum Gasteiger partial charge on any atom is 0.408 e. The Hall–Kier alpha value is -2.81. The normalized spacial score (nSPS) is 13.5. The zero-order valence-corrected chi connectivity index (χ0v) is 22.2. The van der Waals surface area contributed by atoms with Crippen LogP contribution in [0.3, 0.4) is 0 Å². The summed E-state index contributed by atoms with van der Waals surface area (Å²) in [5.41, 5.74) is -1.13. The van der Waals surface area contributed by atoms with Crippen molar-refractivity contribution in [2.24, 2.45) is 0 Å². The molecule has 35 heavy (non-hydrogen) atoms. The number of ether oxygens (including phenoxy) is 1. The summed E-state index contributed by atoms with van der Waals surface area (Å²) in [5.74, 6) is -1.25. The van der Waals surface area contributed by atoms with Gasteiger partial charge in [0.15, 0.2) is 0 Å². The van der Waals surface area contributed by atoms with E-state index in [1.165, 1.54) is 11.0 Å². The van der Waals surface area contributed by atoms with E-state index in [4.69, 9.17) is 4.74 Å². The minimum atomic E-state index is -1.33. The van der Waals surface area contributed by atoms with E-state index in [9.17, 15) is 24.6 Å². The predicted molar refractivity (Wildman–Crippen MR) is 135 cm³/mol. The lowest BCUT2D eigenvalue weighted by Gasteiger charge is -2.36. The monoisotopic (exact) mass is 493 g/mol. The number of hydrogen-bond acceptors (Lipinski definition) is 6. The average molecular weight is 494 g/mol. The Morgan fingerprint density at radius 1 is 1.03 bits per heavy atom. The smallest absolute Gasteiger partial charge is 0.408 e. The van der Waals surface area contributed by atoms with Gasteiger partial charge in [-0.2, -0.15) is 0 Å². The second kappa shape index (κ2) is 13.3. The summed E-state index contributed by atoms with van der Waals surface area (Å²) >= 11 is 0. The molecular weight excluding hydrogens is 450 g/mol. The Labute approximate surface area is 209 Å². The average Bonchev–Trinajstić information content (AvgIpc) is 2.72. The summed E-state index contributed by atoms with van der Waals surface area (Å²) in [6.45, 7) is 12.1. The van der Waals surface area contributed by atoms with Crippen molar-refractivity contribution >= 4 is 17.9 Å². The first-order valence-corrected chi connectivity index (χ1v) is 12.2. The van der Waals surface area contributed by atoms with Crippen LogP contribution in [0.1, 0.15) is 85.8 Å². The highest BCUT2D eigenvalue weighted by Crippen LogP contribution is 2.30. The molecule has 1 aromatic rings. The molecule has 0 fully saturated rings. The quantitative estimate of drug-likeness (QED) is 0.349. The van der Waals surface area contributed by atoms with Crippen LogP contribution in [0.4, 0.5) is 4.79 Å². The standard InChI is InChI=1S/C26H43N3O6/c1-8-9-10-13-16-29(23(33)19(17-30)27-24(34)35-26(5,6)7)21(22(32)28-25(2,3)4)18-14-11-12-15-20(18)31/h11-12,14-15,19,21,30-31H,8-10,13,16-17H2,1-7H3,(H,27,34)(H,28,32). The van der Waals surface area contributed by atoms with Gasteiger partial charge in [-0.25, -0.2) is 4.79 Å². The molecule has 1 aromatic carbocycles. The summed E-state index contributed by atoms with van der Waals surface area (Å²) in [5, 5.41) is 25.9. The first-order valence-electron chi connectivity index (χ1n) is 12.2. The van der Waals surface area contributed by atoms with Gasteiger partial charge in [-0.3, -0.25) is 9.59 Å². The Bertz CT molecular complexity index is 844. The number of nitrogens with one attached hydrogen (secondary N) is 2. The molecule has 9 heteroatoms. The Morgan fingerprint density at radius 3 is 2.17 bits per heavy atom. The molecule has 198 valence electrons. The highest BCUT2D eigenvalue weighted by molar-refractivity contribution is 5.92.